The van der Waals surface area contributed by atoms with E-state index in [-0.39, 0.29) is 26.0 Å². The molecule has 1 rings (SSSR count). The first-order valence-corrected chi connectivity index (χ1v) is 5.39. The standard InChI is InChI=1S/C10H14F3NO3/c1-2-17-9(16)8(15)14-5-3-4-7(6-14)10(11,12)13/h7H,2-6H2,1H3. The molecule has 1 aliphatic heterocycles. The zero-order valence-corrected chi connectivity index (χ0v) is 9.42. The fourth-order valence-electron chi connectivity index (χ4n) is 1.75. The molecule has 1 saturated heterocycles. The molecule has 7 heteroatoms. The van der Waals surface area contributed by atoms with Crippen molar-refractivity contribution in [2.75, 3.05) is 19.7 Å². The van der Waals surface area contributed by atoms with E-state index in [9.17, 15) is 22.8 Å². The lowest BCUT2D eigenvalue weighted by Gasteiger charge is -2.32. The Morgan fingerprint density at radius 1 is 1.41 bits per heavy atom. The number of likely N-dealkylation sites (tertiary alicyclic amines) is 1. The van der Waals surface area contributed by atoms with Gasteiger partial charge in [-0.2, -0.15) is 13.2 Å². The normalized spacial score (nSPS) is 21.2. The zero-order chi connectivity index (χ0) is 13.1. The Morgan fingerprint density at radius 2 is 2.06 bits per heavy atom. The molecular formula is C10H14F3NO3. The van der Waals surface area contributed by atoms with Gasteiger partial charge in [-0.1, -0.05) is 0 Å². The third kappa shape index (κ3) is 3.61. The average molecular weight is 253 g/mol. The van der Waals surface area contributed by atoms with Crippen molar-refractivity contribution in [1.29, 1.82) is 0 Å². The Labute approximate surface area is 96.7 Å². The summed E-state index contributed by atoms with van der Waals surface area (Å²) in [5, 5.41) is 0. The molecule has 4 nitrogen and oxygen atoms in total. The minimum atomic E-state index is -4.33. The fourth-order valence-corrected chi connectivity index (χ4v) is 1.75. The second-order valence-electron chi connectivity index (χ2n) is 3.85. The molecular weight excluding hydrogens is 239 g/mol. The summed E-state index contributed by atoms with van der Waals surface area (Å²) in [5.41, 5.74) is 0. The van der Waals surface area contributed by atoms with Crippen molar-refractivity contribution in [3.8, 4) is 0 Å². The topological polar surface area (TPSA) is 46.6 Å². The van der Waals surface area contributed by atoms with E-state index in [1.807, 2.05) is 0 Å². The molecule has 0 N–H and O–H groups in total. The Hall–Kier alpha value is -1.27. The molecule has 0 aromatic rings. The lowest BCUT2D eigenvalue weighted by Crippen LogP contribution is -2.47. The van der Waals surface area contributed by atoms with E-state index < -0.39 is 30.5 Å². The van der Waals surface area contributed by atoms with Gasteiger partial charge < -0.3 is 9.64 Å². The highest BCUT2D eigenvalue weighted by Crippen LogP contribution is 2.33. The summed E-state index contributed by atoms with van der Waals surface area (Å²) in [5.74, 6) is -3.62. The number of hydrogen-bond donors (Lipinski definition) is 0. The van der Waals surface area contributed by atoms with Gasteiger partial charge in [-0.25, -0.2) is 4.79 Å². The number of amides is 1. The first kappa shape index (κ1) is 13.8. The average Bonchev–Trinajstić information content (AvgIpc) is 2.27. The lowest BCUT2D eigenvalue weighted by atomic mass is 9.97. The van der Waals surface area contributed by atoms with Gasteiger partial charge in [-0.05, 0) is 19.8 Å². The van der Waals surface area contributed by atoms with E-state index in [0.29, 0.717) is 0 Å². The van der Waals surface area contributed by atoms with Crippen LogP contribution in [0.3, 0.4) is 0 Å². The monoisotopic (exact) mass is 253 g/mol. The molecule has 1 unspecified atom stereocenters. The van der Waals surface area contributed by atoms with E-state index >= 15 is 0 Å². The number of halogens is 3. The number of ether oxygens (including phenoxy) is 1. The number of nitrogens with zero attached hydrogens (tertiary/aromatic N) is 1. The second kappa shape index (κ2) is 5.37. The van der Waals surface area contributed by atoms with Crippen LogP contribution in [0.4, 0.5) is 13.2 Å². The molecule has 17 heavy (non-hydrogen) atoms. The number of carbonyl (C=O) groups excluding carboxylic acids is 2. The van der Waals surface area contributed by atoms with Gasteiger partial charge in [-0.15, -0.1) is 0 Å². The third-order valence-electron chi connectivity index (χ3n) is 2.62. The minimum absolute atomic E-state index is 0.00386. The van der Waals surface area contributed by atoms with Crippen LogP contribution in [-0.4, -0.2) is 42.6 Å². The third-order valence-corrected chi connectivity index (χ3v) is 2.62. The van der Waals surface area contributed by atoms with Crippen molar-refractivity contribution < 1.29 is 27.5 Å². The molecule has 0 radical (unpaired) electrons. The molecule has 0 spiro atoms. The smallest absolute Gasteiger partial charge is 0.397 e. The quantitative estimate of drug-likeness (QED) is 0.523. The van der Waals surface area contributed by atoms with Gasteiger partial charge >= 0.3 is 18.1 Å². The summed E-state index contributed by atoms with van der Waals surface area (Å²) in [6.07, 6.45) is -4.08. The number of alkyl halides is 3. The van der Waals surface area contributed by atoms with Gasteiger partial charge in [0, 0.05) is 13.1 Å². The van der Waals surface area contributed by atoms with E-state index in [1.54, 1.807) is 0 Å². The molecule has 0 saturated carbocycles. The summed E-state index contributed by atoms with van der Waals surface area (Å²) in [6, 6.07) is 0. The molecule has 1 aliphatic rings. The van der Waals surface area contributed by atoms with Crippen LogP contribution in [0.2, 0.25) is 0 Å². The van der Waals surface area contributed by atoms with Crippen molar-refractivity contribution in [3.05, 3.63) is 0 Å². The number of rotatable bonds is 1. The van der Waals surface area contributed by atoms with Gasteiger partial charge in [0.05, 0.1) is 12.5 Å². The van der Waals surface area contributed by atoms with Gasteiger partial charge in [0.25, 0.3) is 0 Å². The Bertz CT molecular complexity index is 304. The van der Waals surface area contributed by atoms with Crippen LogP contribution in [0.5, 0.6) is 0 Å². The maximum atomic E-state index is 12.5. The van der Waals surface area contributed by atoms with Gasteiger partial charge in [0.2, 0.25) is 0 Å². The molecule has 0 aromatic heterocycles. The summed E-state index contributed by atoms with van der Waals surface area (Å²) >= 11 is 0. The fraction of sp³-hybridized carbons (Fsp3) is 0.800. The predicted octanol–water partition coefficient (Wildman–Crippen LogP) is 1.35. The summed E-state index contributed by atoms with van der Waals surface area (Å²) in [6.45, 7) is 1.27. The maximum Gasteiger partial charge on any atom is 0.397 e. The van der Waals surface area contributed by atoms with Crippen molar-refractivity contribution in [3.63, 3.8) is 0 Å². The highest BCUT2D eigenvalue weighted by Gasteiger charge is 2.43. The van der Waals surface area contributed by atoms with E-state index in [1.165, 1.54) is 6.92 Å². The summed E-state index contributed by atoms with van der Waals surface area (Å²) < 4.78 is 41.9. The van der Waals surface area contributed by atoms with Crippen molar-refractivity contribution in [1.82, 2.24) is 4.90 Å². The van der Waals surface area contributed by atoms with Gasteiger partial charge in [-0.3, -0.25) is 4.79 Å². The van der Waals surface area contributed by atoms with Crippen LogP contribution in [0, 0.1) is 5.92 Å². The number of esters is 1. The van der Waals surface area contributed by atoms with Crippen LogP contribution in [0.25, 0.3) is 0 Å². The number of carbonyl (C=O) groups is 2. The summed E-state index contributed by atoms with van der Waals surface area (Å²) in [4.78, 5) is 23.5. The Balaban J connectivity index is 2.61. The summed E-state index contributed by atoms with van der Waals surface area (Å²) in [7, 11) is 0. The van der Waals surface area contributed by atoms with E-state index in [4.69, 9.17) is 0 Å². The highest BCUT2D eigenvalue weighted by atomic mass is 19.4. The van der Waals surface area contributed by atoms with Gasteiger partial charge in [0.1, 0.15) is 0 Å². The van der Waals surface area contributed by atoms with Gasteiger partial charge in [0.15, 0.2) is 0 Å². The van der Waals surface area contributed by atoms with Crippen molar-refractivity contribution >= 4 is 11.9 Å². The molecule has 1 heterocycles. The largest absolute Gasteiger partial charge is 0.459 e. The first-order chi connectivity index (χ1) is 7.86. The van der Waals surface area contributed by atoms with Crippen LogP contribution in [0.1, 0.15) is 19.8 Å². The SMILES string of the molecule is CCOC(=O)C(=O)N1CCCC(C(F)(F)F)C1. The van der Waals surface area contributed by atoms with E-state index in [0.717, 1.165) is 4.90 Å². The first-order valence-electron chi connectivity index (χ1n) is 5.39. The minimum Gasteiger partial charge on any atom is -0.459 e. The molecule has 0 aliphatic carbocycles. The molecule has 98 valence electrons. The number of piperidine rings is 1. The Morgan fingerprint density at radius 3 is 2.59 bits per heavy atom. The Kier molecular flexibility index (Phi) is 4.36. The second-order valence-corrected chi connectivity index (χ2v) is 3.85. The molecule has 0 bridgehead atoms. The highest BCUT2D eigenvalue weighted by molar-refractivity contribution is 6.32. The lowest BCUT2D eigenvalue weighted by molar-refractivity contribution is -0.190. The van der Waals surface area contributed by atoms with Crippen molar-refractivity contribution in [2.45, 2.75) is 25.9 Å². The van der Waals surface area contributed by atoms with E-state index in [2.05, 4.69) is 4.74 Å². The maximum absolute atomic E-state index is 12.5. The van der Waals surface area contributed by atoms with Crippen LogP contribution < -0.4 is 0 Å². The predicted molar refractivity (Wildman–Crippen MR) is 52.0 cm³/mol. The molecule has 0 aromatic carbocycles. The molecule has 1 amide bonds. The molecule has 1 fully saturated rings. The van der Waals surface area contributed by atoms with Crippen LogP contribution in [0.15, 0.2) is 0 Å². The van der Waals surface area contributed by atoms with Crippen LogP contribution >= 0.6 is 0 Å². The number of hydrogen-bond acceptors (Lipinski definition) is 3. The van der Waals surface area contributed by atoms with Crippen LogP contribution in [-0.2, 0) is 14.3 Å². The zero-order valence-electron chi connectivity index (χ0n) is 9.42. The van der Waals surface area contributed by atoms with Crippen molar-refractivity contribution in [2.24, 2.45) is 5.92 Å². The molecule has 1 atom stereocenters.